The third-order valence-electron chi connectivity index (χ3n) is 3.38. The van der Waals surface area contributed by atoms with Crippen molar-refractivity contribution in [2.24, 2.45) is 0 Å². The molecule has 1 heterocycles. The van der Waals surface area contributed by atoms with Crippen LogP contribution in [0.5, 0.6) is 0 Å². The van der Waals surface area contributed by atoms with Gasteiger partial charge in [0.2, 0.25) is 0 Å². The van der Waals surface area contributed by atoms with Crippen LogP contribution in [0.3, 0.4) is 0 Å². The van der Waals surface area contributed by atoms with Crippen molar-refractivity contribution in [2.75, 3.05) is 0 Å². The maximum Gasteiger partial charge on any atom is 0.160 e. The zero-order chi connectivity index (χ0) is 13.3. The Labute approximate surface area is 107 Å². The minimum absolute atomic E-state index is 0.136. The van der Waals surface area contributed by atoms with Crippen LogP contribution in [-0.2, 0) is 6.54 Å². The second-order valence-corrected chi connectivity index (χ2v) is 4.78. The lowest BCUT2D eigenvalue weighted by molar-refractivity contribution is 0.101. The van der Waals surface area contributed by atoms with Crippen molar-refractivity contribution in [1.29, 1.82) is 0 Å². The molecule has 0 bridgehead atoms. The lowest BCUT2D eigenvalue weighted by Crippen LogP contribution is -2.08. The number of carbonyl (C=O) groups excluding carboxylic acids is 1. The molecule has 3 heteroatoms. The van der Waals surface area contributed by atoms with Gasteiger partial charge in [-0.25, -0.2) is 4.98 Å². The van der Waals surface area contributed by atoms with Crippen molar-refractivity contribution in [3.8, 4) is 0 Å². The zero-order valence-electron chi connectivity index (χ0n) is 11.3. The molecule has 0 saturated carbocycles. The van der Waals surface area contributed by atoms with Gasteiger partial charge in [-0.2, -0.15) is 0 Å². The van der Waals surface area contributed by atoms with E-state index in [-0.39, 0.29) is 5.78 Å². The number of aryl methyl sites for hydroxylation is 2. The molecule has 0 N–H and O–H groups in total. The number of ketones is 1. The second-order valence-electron chi connectivity index (χ2n) is 4.78. The Morgan fingerprint density at radius 1 is 1.28 bits per heavy atom. The molecule has 0 atom stereocenters. The topological polar surface area (TPSA) is 34.9 Å². The first-order chi connectivity index (χ1) is 8.50. The number of carbonyl (C=O) groups is 1. The van der Waals surface area contributed by atoms with Crippen LogP contribution in [0.25, 0.3) is 0 Å². The predicted molar refractivity (Wildman–Crippen MR) is 72.0 cm³/mol. The first-order valence-electron chi connectivity index (χ1n) is 6.07. The van der Waals surface area contributed by atoms with E-state index < -0.39 is 0 Å². The zero-order valence-corrected chi connectivity index (χ0v) is 11.3. The smallest absolute Gasteiger partial charge is 0.160 e. The van der Waals surface area contributed by atoms with Crippen LogP contribution < -0.4 is 0 Å². The summed E-state index contributed by atoms with van der Waals surface area (Å²) in [7, 11) is 0. The van der Waals surface area contributed by atoms with E-state index in [1.165, 1.54) is 11.1 Å². The monoisotopic (exact) mass is 242 g/mol. The van der Waals surface area contributed by atoms with Crippen molar-refractivity contribution in [3.05, 3.63) is 52.6 Å². The van der Waals surface area contributed by atoms with Crippen LogP contribution in [0, 0.1) is 20.8 Å². The van der Waals surface area contributed by atoms with Crippen molar-refractivity contribution in [2.45, 2.75) is 34.2 Å². The van der Waals surface area contributed by atoms with Gasteiger partial charge >= 0.3 is 0 Å². The summed E-state index contributed by atoms with van der Waals surface area (Å²) in [5.74, 6) is 0.136. The Morgan fingerprint density at radius 2 is 2.00 bits per heavy atom. The number of benzene rings is 1. The molecule has 0 unspecified atom stereocenters. The Kier molecular flexibility index (Phi) is 3.32. The summed E-state index contributed by atoms with van der Waals surface area (Å²) in [6.45, 7) is 8.51. The highest BCUT2D eigenvalue weighted by atomic mass is 16.1. The maximum absolute atomic E-state index is 11.7. The summed E-state index contributed by atoms with van der Waals surface area (Å²) in [6, 6.07) is 2.09. The lowest BCUT2D eigenvalue weighted by Gasteiger charge is -2.16. The lowest BCUT2D eigenvalue weighted by atomic mass is 9.91. The summed E-state index contributed by atoms with van der Waals surface area (Å²) in [5.41, 5.74) is 5.45. The van der Waals surface area contributed by atoms with Gasteiger partial charge in [0.15, 0.2) is 5.78 Å². The van der Waals surface area contributed by atoms with Crippen molar-refractivity contribution in [1.82, 2.24) is 9.55 Å². The standard InChI is InChI=1S/C15H18N2O/c1-10-7-11(2)15(13(4)18)12(3)14(10)8-17-6-5-16-9-17/h5-7,9H,8H2,1-4H3. The fraction of sp³-hybridized carbons (Fsp3) is 0.333. The summed E-state index contributed by atoms with van der Waals surface area (Å²) in [5, 5.41) is 0. The van der Waals surface area contributed by atoms with Crippen LogP contribution >= 0.6 is 0 Å². The highest BCUT2D eigenvalue weighted by Crippen LogP contribution is 2.23. The quantitative estimate of drug-likeness (QED) is 0.775. The number of aromatic nitrogens is 2. The van der Waals surface area contributed by atoms with E-state index in [2.05, 4.69) is 18.0 Å². The Hall–Kier alpha value is -1.90. The number of nitrogens with zero attached hydrogens (tertiary/aromatic N) is 2. The molecule has 2 aromatic rings. The molecule has 0 aliphatic heterocycles. The largest absolute Gasteiger partial charge is 0.333 e. The van der Waals surface area contributed by atoms with E-state index in [0.29, 0.717) is 0 Å². The molecular formula is C15H18N2O. The van der Waals surface area contributed by atoms with Gasteiger partial charge in [-0.1, -0.05) is 6.07 Å². The minimum Gasteiger partial charge on any atom is -0.333 e. The van der Waals surface area contributed by atoms with Gasteiger partial charge in [0.1, 0.15) is 0 Å². The number of Topliss-reactive ketones (excluding diaryl/α,β-unsaturated/α-hetero) is 1. The fourth-order valence-corrected chi connectivity index (χ4v) is 2.57. The van der Waals surface area contributed by atoms with E-state index in [0.717, 1.165) is 23.2 Å². The predicted octanol–water partition coefficient (Wildman–Crippen LogP) is 3.06. The van der Waals surface area contributed by atoms with Gasteiger partial charge in [0.05, 0.1) is 6.33 Å². The molecule has 94 valence electrons. The molecule has 0 fully saturated rings. The Bertz CT molecular complexity index is 583. The summed E-state index contributed by atoms with van der Waals surface area (Å²) in [4.78, 5) is 15.8. The Morgan fingerprint density at radius 3 is 2.56 bits per heavy atom. The van der Waals surface area contributed by atoms with E-state index >= 15 is 0 Å². The fourth-order valence-electron chi connectivity index (χ4n) is 2.57. The van der Waals surface area contributed by atoms with Crippen LogP contribution in [0.4, 0.5) is 0 Å². The molecule has 0 aliphatic carbocycles. The first-order valence-corrected chi connectivity index (χ1v) is 6.07. The summed E-state index contributed by atoms with van der Waals surface area (Å²) >= 11 is 0. The number of rotatable bonds is 3. The van der Waals surface area contributed by atoms with E-state index in [9.17, 15) is 4.79 Å². The highest BCUT2D eigenvalue weighted by Gasteiger charge is 2.14. The van der Waals surface area contributed by atoms with E-state index in [4.69, 9.17) is 0 Å². The molecule has 0 amide bonds. The molecule has 1 aromatic carbocycles. The number of imidazole rings is 1. The molecule has 0 saturated heterocycles. The number of hydrogen-bond acceptors (Lipinski definition) is 2. The van der Waals surface area contributed by atoms with Crippen LogP contribution in [0.15, 0.2) is 24.8 Å². The molecule has 0 spiro atoms. The minimum atomic E-state index is 0.136. The maximum atomic E-state index is 11.7. The van der Waals surface area contributed by atoms with E-state index in [1.807, 2.05) is 24.6 Å². The third kappa shape index (κ3) is 2.21. The normalized spacial score (nSPS) is 10.7. The average Bonchev–Trinajstić information content (AvgIpc) is 2.75. The van der Waals surface area contributed by atoms with Crippen molar-refractivity contribution in [3.63, 3.8) is 0 Å². The van der Waals surface area contributed by atoms with Crippen LogP contribution in [0.2, 0.25) is 0 Å². The molecule has 0 radical (unpaired) electrons. The van der Waals surface area contributed by atoms with Gasteiger partial charge in [0.25, 0.3) is 0 Å². The molecule has 0 aliphatic rings. The molecule has 18 heavy (non-hydrogen) atoms. The van der Waals surface area contributed by atoms with Gasteiger partial charge in [-0.15, -0.1) is 0 Å². The van der Waals surface area contributed by atoms with E-state index in [1.54, 1.807) is 19.4 Å². The summed E-state index contributed by atoms with van der Waals surface area (Å²) in [6.07, 6.45) is 5.50. The van der Waals surface area contributed by atoms with Gasteiger partial charge in [-0.3, -0.25) is 4.79 Å². The van der Waals surface area contributed by atoms with Gasteiger partial charge < -0.3 is 4.57 Å². The summed E-state index contributed by atoms with van der Waals surface area (Å²) < 4.78 is 2.02. The Balaban J connectivity index is 2.53. The van der Waals surface area contributed by atoms with Gasteiger partial charge in [-0.05, 0) is 49.9 Å². The van der Waals surface area contributed by atoms with Crippen LogP contribution in [0.1, 0.15) is 39.5 Å². The first kappa shape index (κ1) is 12.6. The third-order valence-corrected chi connectivity index (χ3v) is 3.38. The van der Waals surface area contributed by atoms with Crippen LogP contribution in [-0.4, -0.2) is 15.3 Å². The second kappa shape index (κ2) is 4.77. The number of hydrogen-bond donors (Lipinski definition) is 0. The molecular weight excluding hydrogens is 224 g/mol. The van der Waals surface area contributed by atoms with Crippen molar-refractivity contribution < 1.29 is 4.79 Å². The van der Waals surface area contributed by atoms with Gasteiger partial charge in [0, 0.05) is 24.5 Å². The SMILES string of the molecule is CC(=O)c1c(C)cc(C)c(Cn2ccnc2)c1C. The average molecular weight is 242 g/mol. The molecule has 3 nitrogen and oxygen atoms in total. The molecule has 1 aromatic heterocycles. The molecule has 2 rings (SSSR count). The van der Waals surface area contributed by atoms with Crippen molar-refractivity contribution >= 4 is 5.78 Å². The highest BCUT2D eigenvalue weighted by molar-refractivity contribution is 5.97.